The highest BCUT2D eigenvalue weighted by atomic mass is 32.2. The number of carbonyl (C=O) groups excluding carboxylic acids is 2. The van der Waals surface area contributed by atoms with Crippen molar-refractivity contribution in [1.82, 2.24) is 15.0 Å². The number of benzene rings is 1. The van der Waals surface area contributed by atoms with Gasteiger partial charge in [-0.2, -0.15) is 16.3 Å². The average Bonchev–Trinajstić information content (AvgIpc) is 3.53. The Kier molecular flexibility index (Phi) is 6.34. The van der Waals surface area contributed by atoms with Gasteiger partial charge in [0.15, 0.2) is 0 Å². The molecule has 0 bridgehead atoms. The van der Waals surface area contributed by atoms with Crippen LogP contribution in [0.25, 0.3) is 11.4 Å². The van der Waals surface area contributed by atoms with Gasteiger partial charge in [0.2, 0.25) is 23.5 Å². The summed E-state index contributed by atoms with van der Waals surface area (Å²) < 4.78 is 10.4. The summed E-state index contributed by atoms with van der Waals surface area (Å²) in [7, 11) is 1.59. The third kappa shape index (κ3) is 4.65. The summed E-state index contributed by atoms with van der Waals surface area (Å²) in [5, 5.41) is 10.7. The summed E-state index contributed by atoms with van der Waals surface area (Å²) in [6, 6.07) is 8.50. The van der Waals surface area contributed by atoms with Crippen molar-refractivity contribution in [2.75, 3.05) is 24.1 Å². The van der Waals surface area contributed by atoms with E-state index in [0.717, 1.165) is 5.56 Å². The molecule has 2 aromatic heterocycles. The van der Waals surface area contributed by atoms with Crippen molar-refractivity contribution in [1.29, 1.82) is 0 Å². The van der Waals surface area contributed by atoms with Crippen LogP contribution in [0, 0.1) is 0 Å². The smallest absolute Gasteiger partial charge is 0.248 e. The van der Waals surface area contributed by atoms with E-state index in [4.69, 9.17) is 9.26 Å². The summed E-state index contributed by atoms with van der Waals surface area (Å²) in [5.41, 5.74) is 1.56. The Balaban J connectivity index is 1.33. The second-order valence-corrected chi connectivity index (χ2v) is 8.40. The van der Waals surface area contributed by atoms with E-state index in [9.17, 15) is 9.59 Å². The van der Waals surface area contributed by atoms with Crippen LogP contribution in [-0.4, -0.2) is 51.6 Å². The molecular formula is C20H20N4O4S2. The van der Waals surface area contributed by atoms with Gasteiger partial charge in [-0.1, -0.05) is 5.16 Å². The maximum Gasteiger partial charge on any atom is 0.248 e. The lowest BCUT2D eigenvalue weighted by Gasteiger charge is -2.23. The van der Waals surface area contributed by atoms with Gasteiger partial charge in [-0.05, 0) is 35.7 Å². The van der Waals surface area contributed by atoms with E-state index in [1.165, 1.54) is 0 Å². The Morgan fingerprint density at radius 2 is 2.13 bits per heavy atom. The number of rotatable bonds is 7. The van der Waals surface area contributed by atoms with Crippen LogP contribution in [0.5, 0.6) is 5.75 Å². The molecule has 4 rings (SSSR count). The molecule has 0 spiro atoms. The molecule has 10 heteroatoms. The quantitative estimate of drug-likeness (QED) is 0.597. The van der Waals surface area contributed by atoms with Gasteiger partial charge < -0.3 is 19.5 Å². The minimum Gasteiger partial charge on any atom is -0.497 e. The van der Waals surface area contributed by atoms with Crippen LogP contribution in [0.3, 0.4) is 0 Å². The maximum atomic E-state index is 12.7. The zero-order valence-corrected chi connectivity index (χ0v) is 17.9. The highest BCUT2D eigenvalue weighted by Gasteiger charge is 2.34. The number of aryl methyl sites for hydroxylation is 1. The number of aromatic nitrogens is 2. The molecule has 1 aromatic carbocycles. The van der Waals surface area contributed by atoms with Crippen molar-refractivity contribution in [2.45, 2.75) is 18.9 Å². The van der Waals surface area contributed by atoms with E-state index in [1.54, 1.807) is 59.4 Å². The van der Waals surface area contributed by atoms with Gasteiger partial charge in [-0.15, -0.1) is 11.8 Å². The fourth-order valence-corrected chi connectivity index (χ4v) is 4.84. The number of carbonyl (C=O) groups is 2. The molecule has 8 nitrogen and oxygen atoms in total. The minimum atomic E-state index is -0.506. The summed E-state index contributed by atoms with van der Waals surface area (Å²) in [6.45, 7) is 0. The lowest BCUT2D eigenvalue weighted by atomic mass is 10.2. The van der Waals surface area contributed by atoms with Crippen LogP contribution in [0.15, 0.2) is 45.6 Å². The molecule has 156 valence electrons. The third-order valence-electron chi connectivity index (χ3n) is 4.66. The molecule has 1 atom stereocenters. The molecule has 1 aliphatic rings. The van der Waals surface area contributed by atoms with Gasteiger partial charge in [0.05, 0.1) is 13.0 Å². The van der Waals surface area contributed by atoms with Crippen LogP contribution >= 0.6 is 23.1 Å². The largest absolute Gasteiger partial charge is 0.497 e. The monoisotopic (exact) mass is 444 g/mol. The lowest BCUT2D eigenvalue weighted by Crippen LogP contribution is -2.44. The molecule has 0 saturated carbocycles. The summed E-state index contributed by atoms with van der Waals surface area (Å²) in [4.78, 5) is 31.4. The topological polar surface area (TPSA) is 97.6 Å². The fraction of sp³-hybridized carbons (Fsp3) is 0.300. The number of nitrogens with zero attached hydrogens (tertiary/aromatic N) is 3. The van der Waals surface area contributed by atoms with E-state index >= 15 is 0 Å². The molecule has 3 aromatic rings. The minimum absolute atomic E-state index is 0.106. The number of amides is 2. The second kappa shape index (κ2) is 9.31. The van der Waals surface area contributed by atoms with E-state index in [0.29, 0.717) is 41.2 Å². The van der Waals surface area contributed by atoms with Gasteiger partial charge in [0, 0.05) is 35.2 Å². The molecular weight excluding hydrogens is 424 g/mol. The molecule has 3 heterocycles. The van der Waals surface area contributed by atoms with Crippen LogP contribution in [-0.2, 0) is 16.0 Å². The van der Waals surface area contributed by atoms with Gasteiger partial charge in [0.1, 0.15) is 11.8 Å². The van der Waals surface area contributed by atoms with E-state index in [1.807, 2.05) is 16.8 Å². The number of ether oxygens (including phenoxy) is 1. The first-order valence-electron chi connectivity index (χ1n) is 9.31. The summed E-state index contributed by atoms with van der Waals surface area (Å²) in [6.07, 6.45) is 0.544. The SMILES string of the molecule is COc1ccc(NC(=O)C2CSCN2C(=O)CCc2nc(-c3ccsc3)no2)cc1. The second-order valence-electron chi connectivity index (χ2n) is 6.62. The van der Waals surface area contributed by atoms with Gasteiger partial charge in [-0.25, -0.2) is 0 Å². The molecule has 30 heavy (non-hydrogen) atoms. The molecule has 1 fully saturated rings. The molecule has 1 unspecified atom stereocenters. The summed E-state index contributed by atoms with van der Waals surface area (Å²) in [5.74, 6) is 2.40. The van der Waals surface area contributed by atoms with Gasteiger partial charge >= 0.3 is 0 Å². The van der Waals surface area contributed by atoms with Crippen molar-refractivity contribution in [3.05, 3.63) is 47.0 Å². The lowest BCUT2D eigenvalue weighted by molar-refractivity contribution is -0.136. The number of methoxy groups -OCH3 is 1. The van der Waals surface area contributed by atoms with Crippen LogP contribution < -0.4 is 10.1 Å². The number of nitrogens with one attached hydrogen (secondary N) is 1. The van der Waals surface area contributed by atoms with Gasteiger partial charge in [0.25, 0.3) is 0 Å². The van der Waals surface area contributed by atoms with Crippen molar-refractivity contribution >= 4 is 40.6 Å². The van der Waals surface area contributed by atoms with Crippen LogP contribution in [0.1, 0.15) is 12.3 Å². The number of hydrogen-bond donors (Lipinski definition) is 1. The Morgan fingerprint density at radius 1 is 1.30 bits per heavy atom. The number of anilines is 1. The Hall–Kier alpha value is -2.85. The van der Waals surface area contributed by atoms with Crippen LogP contribution in [0.4, 0.5) is 5.69 Å². The van der Waals surface area contributed by atoms with Gasteiger partial charge in [-0.3, -0.25) is 9.59 Å². The van der Waals surface area contributed by atoms with E-state index < -0.39 is 6.04 Å². The molecule has 0 radical (unpaired) electrons. The zero-order chi connectivity index (χ0) is 20.9. The van der Waals surface area contributed by atoms with E-state index in [2.05, 4.69) is 15.5 Å². The predicted octanol–water partition coefficient (Wildman–Crippen LogP) is 3.28. The maximum absolute atomic E-state index is 12.7. The Bertz CT molecular complexity index is 1000. The number of hydrogen-bond acceptors (Lipinski definition) is 8. The first-order valence-corrected chi connectivity index (χ1v) is 11.4. The number of thioether (sulfide) groups is 1. The van der Waals surface area contributed by atoms with E-state index in [-0.39, 0.29) is 18.2 Å². The third-order valence-corrected chi connectivity index (χ3v) is 6.36. The van der Waals surface area contributed by atoms with Crippen molar-refractivity contribution in [3.8, 4) is 17.1 Å². The van der Waals surface area contributed by atoms with Crippen LogP contribution in [0.2, 0.25) is 0 Å². The first-order chi connectivity index (χ1) is 14.6. The highest BCUT2D eigenvalue weighted by molar-refractivity contribution is 7.99. The molecule has 1 N–H and O–H groups in total. The Labute approximate surface area is 181 Å². The Morgan fingerprint density at radius 3 is 2.87 bits per heavy atom. The summed E-state index contributed by atoms with van der Waals surface area (Å²) >= 11 is 3.12. The average molecular weight is 445 g/mol. The fourth-order valence-electron chi connectivity index (χ4n) is 3.03. The van der Waals surface area contributed by atoms with Crippen molar-refractivity contribution in [2.24, 2.45) is 0 Å². The molecule has 2 amide bonds. The highest BCUT2D eigenvalue weighted by Crippen LogP contribution is 2.24. The molecule has 1 saturated heterocycles. The standard InChI is InChI=1S/C20H20N4O4S2/c1-27-15-4-2-14(3-5-15)21-20(26)16-11-30-12-24(16)18(25)7-6-17-22-19(23-28-17)13-8-9-29-10-13/h2-5,8-10,16H,6-7,11-12H2,1H3,(H,21,26). The van der Waals surface area contributed by atoms with Crippen molar-refractivity contribution in [3.63, 3.8) is 0 Å². The number of thiophene rings is 1. The van der Waals surface area contributed by atoms with Crippen molar-refractivity contribution < 1.29 is 18.8 Å². The first kappa shape index (κ1) is 20.4. The molecule has 0 aliphatic carbocycles. The predicted molar refractivity (Wildman–Crippen MR) is 116 cm³/mol. The zero-order valence-electron chi connectivity index (χ0n) is 16.2. The molecule has 1 aliphatic heterocycles. The normalized spacial score (nSPS) is 15.9.